The number of ether oxygens (including phenoxy) is 4. The van der Waals surface area contributed by atoms with E-state index in [9.17, 15) is 13.2 Å². The van der Waals surface area contributed by atoms with Gasteiger partial charge in [-0.3, -0.25) is 9.52 Å². The number of sulfonamides is 1. The number of nitrogens with one attached hydrogen (secondary N) is 3. The summed E-state index contributed by atoms with van der Waals surface area (Å²) < 4.78 is 49.4. The third-order valence-corrected chi connectivity index (χ3v) is 6.82. The Morgan fingerprint density at radius 3 is 2.44 bits per heavy atom. The van der Waals surface area contributed by atoms with Gasteiger partial charge in [-0.05, 0) is 54.5 Å². The van der Waals surface area contributed by atoms with Gasteiger partial charge >= 0.3 is 0 Å². The zero-order valence-electron chi connectivity index (χ0n) is 20.3. The number of benzene rings is 2. The standard InChI is InChI=1S/C23H30ClN3O7S2/c1-25-23(35)27-36(29,30)21-14-16(4-6-20(21)34-13-12-33-11-10-31-2)8-9-26-22(28)18-15-17(24)5-7-19(18)32-3/h4-7,14-15H,8-13H2,1-3H3,(H,26,28)(H2,25,27,35). The van der Waals surface area contributed by atoms with Gasteiger partial charge in [0.15, 0.2) is 5.11 Å². The van der Waals surface area contributed by atoms with E-state index < -0.39 is 10.0 Å². The summed E-state index contributed by atoms with van der Waals surface area (Å²) in [5.74, 6) is 0.175. The molecule has 0 heterocycles. The maximum absolute atomic E-state index is 13.0. The SMILES string of the molecule is CNC(=S)NS(=O)(=O)c1cc(CCNC(=O)c2cc(Cl)ccc2OC)ccc1OCCOCCOC. The molecule has 0 radical (unpaired) electrons. The summed E-state index contributed by atoms with van der Waals surface area (Å²) in [7, 11) is 0.509. The fraction of sp³-hybridized carbons (Fsp3) is 0.391. The monoisotopic (exact) mass is 559 g/mol. The molecule has 0 saturated heterocycles. The molecule has 3 N–H and O–H groups in total. The van der Waals surface area contributed by atoms with E-state index in [1.807, 2.05) is 0 Å². The summed E-state index contributed by atoms with van der Waals surface area (Å²) in [6.07, 6.45) is 0.355. The molecule has 0 aromatic heterocycles. The lowest BCUT2D eigenvalue weighted by atomic mass is 10.1. The van der Waals surface area contributed by atoms with Gasteiger partial charge in [0.1, 0.15) is 23.0 Å². The molecule has 0 spiro atoms. The largest absolute Gasteiger partial charge is 0.496 e. The highest BCUT2D eigenvalue weighted by molar-refractivity contribution is 7.92. The van der Waals surface area contributed by atoms with Crippen molar-refractivity contribution < 1.29 is 32.2 Å². The van der Waals surface area contributed by atoms with Crippen LogP contribution in [0.4, 0.5) is 0 Å². The van der Waals surface area contributed by atoms with E-state index in [0.717, 1.165) is 0 Å². The van der Waals surface area contributed by atoms with Gasteiger partial charge in [-0.25, -0.2) is 8.42 Å². The first-order valence-electron chi connectivity index (χ1n) is 10.9. The Morgan fingerprint density at radius 1 is 1.03 bits per heavy atom. The topological polar surface area (TPSA) is 124 Å². The van der Waals surface area contributed by atoms with Crippen molar-refractivity contribution in [1.29, 1.82) is 0 Å². The van der Waals surface area contributed by atoms with Crippen molar-refractivity contribution in [3.63, 3.8) is 0 Å². The van der Waals surface area contributed by atoms with E-state index >= 15 is 0 Å². The first-order chi connectivity index (χ1) is 17.2. The van der Waals surface area contributed by atoms with Crippen molar-refractivity contribution in [2.24, 2.45) is 0 Å². The van der Waals surface area contributed by atoms with Crippen LogP contribution in [-0.2, 0) is 25.9 Å². The summed E-state index contributed by atoms with van der Waals surface area (Å²) >= 11 is 11.0. The number of halogens is 1. The molecule has 0 aliphatic carbocycles. The highest BCUT2D eigenvalue weighted by Gasteiger charge is 2.22. The van der Waals surface area contributed by atoms with Crippen LogP contribution in [0.3, 0.4) is 0 Å². The molecule has 0 fully saturated rings. The smallest absolute Gasteiger partial charge is 0.267 e. The molecule has 36 heavy (non-hydrogen) atoms. The number of amides is 1. The maximum atomic E-state index is 13.0. The quantitative estimate of drug-likeness (QED) is 0.236. The average molecular weight is 560 g/mol. The van der Waals surface area contributed by atoms with Crippen molar-refractivity contribution in [3.05, 3.63) is 52.5 Å². The molecule has 198 valence electrons. The molecule has 0 saturated carbocycles. The normalized spacial score (nSPS) is 11.0. The van der Waals surface area contributed by atoms with Crippen LogP contribution in [0.15, 0.2) is 41.3 Å². The lowest BCUT2D eigenvalue weighted by Crippen LogP contribution is -2.37. The molecule has 0 aliphatic rings. The molecule has 10 nitrogen and oxygen atoms in total. The fourth-order valence-corrected chi connectivity index (χ4v) is 4.65. The molecule has 0 aliphatic heterocycles. The van der Waals surface area contributed by atoms with E-state index in [1.165, 1.54) is 26.3 Å². The highest BCUT2D eigenvalue weighted by atomic mass is 35.5. The molecular formula is C23H30ClN3O7S2. The minimum absolute atomic E-state index is 0.0583. The van der Waals surface area contributed by atoms with Crippen LogP contribution >= 0.6 is 23.8 Å². The van der Waals surface area contributed by atoms with E-state index in [-0.39, 0.29) is 41.4 Å². The second-order valence-electron chi connectivity index (χ2n) is 7.27. The van der Waals surface area contributed by atoms with E-state index in [4.69, 9.17) is 42.8 Å². The molecule has 1 amide bonds. The molecule has 0 bridgehead atoms. The average Bonchev–Trinajstić information content (AvgIpc) is 2.86. The van der Waals surface area contributed by atoms with E-state index in [1.54, 1.807) is 31.4 Å². The van der Waals surface area contributed by atoms with Crippen LogP contribution in [-0.4, -0.2) is 73.7 Å². The van der Waals surface area contributed by atoms with Crippen LogP contribution in [0, 0.1) is 0 Å². The molecule has 0 atom stereocenters. The van der Waals surface area contributed by atoms with Crippen molar-refractivity contribution in [2.75, 3.05) is 54.2 Å². The predicted molar refractivity (Wildman–Crippen MR) is 141 cm³/mol. The first-order valence-corrected chi connectivity index (χ1v) is 13.2. The minimum atomic E-state index is -4.03. The van der Waals surface area contributed by atoms with Crippen LogP contribution in [0.2, 0.25) is 5.02 Å². The van der Waals surface area contributed by atoms with Crippen molar-refractivity contribution >= 4 is 44.9 Å². The zero-order chi connectivity index (χ0) is 26.6. The summed E-state index contributed by atoms with van der Waals surface area (Å²) in [5, 5.41) is 5.71. The second kappa shape index (κ2) is 14.8. The lowest BCUT2D eigenvalue weighted by molar-refractivity contribution is 0.0539. The first kappa shape index (κ1) is 29.6. The highest BCUT2D eigenvalue weighted by Crippen LogP contribution is 2.26. The van der Waals surface area contributed by atoms with Gasteiger partial charge in [-0.1, -0.05) is 17.7 Å². The van der Waals surface area contributed by atoms with Gasteiger partial charge in [0.25, 0.3) is 15.9 Å². The summed E-state index contributed by atoms with van der Waals surface area (Å²) in [6.45, 7) is 1.48. The van der Waals surface area contributed by atoms with Crippen LogP contribution in [0.5, 0.6) is 11.5 Å². The number of hydrogen-bond acceptors (Lipinski definition) is 8. The lowest BCUT2D eigenvalue weighted by Gasteiger charge is -2.15. The Labute approximate surface area is 221 Å². The fourth-order valence-electron chi connectivity index (χ4n) is 2.99. The number of thiocarbonyl (C=S) groups is 1. The van der Waals surface area contributed by atoms with Gasteiger partial charge in [0.2, 0.25) is 0 Å². The Bertz CT molecular complexity index is 1150. The second-order valence-corrected chi connectivity index (χ2v) is 9.77. The minimum Gasteiger partial charge on any atom is -0.496 e. The van der Waals surface area contributed by atoms with Crippen LogP contribution in [0.1, 0.15) is 15.9 Å². The molecule has 2 aromatic carbocycles. The molecule has 0 unspecified atom stereocenters. The molecule has 2 aromatic rings. The Balaban J connectivity index is 2.13. The molecule has 13 heteroatoms. The summed E-state index contributed by atoms with van der Waals surface area (Å²) in [4.78, 5) is 12.5. The summed E-state index contributed by atoms with van der Waals surface area (Å²) in [5.41, 5.74) is 0.960. The van der Waals surface area contributed by atoms with Gasteiger partial charge in [-0.2, -0.15) is 0 Å². The molecule has 2 rings (SSSR count). The third-order valence-electron chi connectivity index (χ3n) is 4.77. The number of carbonyl (C=O) groups excluding carboxylic acids is 1. The molecular weight excluding hydrogens is 530 g/mol. The predicted octanol–water partition coefficient (Wildman–Crippen LogP) is 2.15. The maximum Gasteiger partial charge on any atom is 0.267 e. The van der Waals surface area contributed by atoms with Crippen LogP contribution < -0.4 is 24.8 Å². The van der Waals surface area contributed by atoms with Crippen LogP contribution in [0.25, 0.3) is 0 Å². The Morgan fingerprint density at radius 2 is 1.75 bits per heavy atom. The van der Waals surface area contributed by atoms with E-state index in [2.05, 4.69) is 15.4 Å². The van der Waals surface area contributed by atoms with Gasteiger partial charge < -0.3 is 29.6 Å². The van der Waals surface area contributed by atoms with Gasteiger partial charge in [0.05, 0.1) is 32.5 Å². The van der Waals surface area contributed by atoms with Crippen molar-refractivity contribution in [2.45, 2.75) is 11.3 Å². The van der Waals surface area contributed by atoms with Crippen molar-refractivity contribution in [1.82, 2.24) is 15.4 Å². The zero-order valence-corrected chi connectivity index (χ0v) is 22.6. The number of methoxy groups -OCH3 is 2. The summed E-state index contributed by atoms with van der Waals surface area (Å²) in [6, 6.07) is 9.52. The number of rotatable bonds is 14. The van der Waals surface area contributed by atoms with E-state index in [0.29, 0.717) is 41.5 Å². The Hall–Kier alpha value is -2.64. The number of hydrogen-bond donors (Lipinski definition) is 3. The third kappa shape index (κ3) is 9.10. The number of carbonyl (C=O) groups is 1. The Kier molecular flexibility index (Phi) is 12.2. The van der Waals surface area contributed by atoms with Crippen molar-refractivity contribution in [3.8, 4) is 11.5 Å². The van der Waals surface area contributed by atoms with Gasteiger partial charge in [0, 0.05) is 25.7 Å². The van der Waals surface area contributed by atoms with Gasteiger partial charge in [-0.15, -0.1) is 0 Å².